The monoisotopic (exact) mass is 251 g/mol. The van der Waals surface area contributed by atoms with Crippen LogP contribution in [0, 0.1) is 5.41 Å². The first-order valence-corrected chi connectivity index (χ1v) is 6.12. The Morgan fingerprint density at radius 3 is 2.83 bits per heavy atom. The zero-order valence-electron chi connectivity index (χ0n) is 11.0. The number of aromatic amines is 1. The number of nitrogens with one attached hydrogen (secondary N) is 2. The largest absolute Gasteiger partial charge is 0.367 e. The quantitative estimate of drug-likeness (QED) is 0.701. The van der Waals surface area contributed by atoms with E-state index in [4.69, 9.17) is 5.73 Å². The van der Waals surface area contributed by atoms with Crippen LogP contribution >= 0.6 is 0 Å². The molecule has 5 heteroatoms. The third-order valence-electron chi connectivity index (χ3n) is 2.85. The summed E-state index contributed by atoms with van der Waals surface area (Å²) in [4.78, 5) is 26.0. The minimum Gasteiger partial charge on any atom is -0.367 e. The number of aromatic nitrogens is 1. The van der Waals surface area contributed by atoms with Crippen molar-refractivity contribution < 1.29 is 4.79 Å². The molecule has 1 rings (SSSR count). The number of rotatable bonds is 6. The van der Waals surface area contributed by atoms with Crippen LogP contribution in [0.25, 0.3) is 0 Å². The molecule has 0 spiro atoms. The van der Waals surface area contributed by atoms with Gasteiger partial charge in [-0.1, -0.05) is 13.8 Å². The Hall–Kier alpha value is -1.62. The van der Waals surface area contributed by atoms with E-state index in [0.717, 1.165) is 12.8 Å². The van der Waals surface area contributed by atoms with E-state index >= 15 is 0 Å². The second-order valence-corrected chi connectivity index (χ2v) is 5.16. The van der Waals surface area contributed by atoms with Crippen molar-refractivity contribution in [1.82, 2.24) is 10.3 Å². The Kier molecular flexibility index (Phi) is 5.09. The molecule has 0 atom stereocenters. The lowest BCUT2D eigenvalue weighted by Gasteiger charge is -2.24. The summed E-state index contributed by atoms with van der Waals surface area (Å²) in [5, 5.41) is 2.79. The van der Waals surface area contributed by atoms with E-state index in [1.54, 1.807) is 0 Å². The molecule has 18 heavy (non-hydrogen) atoms. The topological polar surface area (TPSA) is 88.0 Å². The van der Waals surface area contributed by atoms with Gasteiger partial charge in [0.15, 0.2) is 5.43 Å². The molecule has 0 aliphatic carbocycles. The third kappa shape index (κ3) is 4.33. The molecule has 1 aromatic heterocycles. The number of H-pyrrole nitrogens is 1. The van der Waals surface area contributed by atoms with E-state index in [1.165, 1.54) is 18.5 Å². The lowest BCUT2D eigenvalue weighted by Crippen LogP contribution is -2.36. The van der Waals surface area contributed by atoms with Crippen LogP contribution in [0.5, 0.6) is 0 Å². The van der Waals surface area contributed by atoms with E-state index in [-0.39, 0.29) is 22.3 Å². The van der Waals surface area contributed by atoms with Crippen LogP contribution in [0.4, 0.5) is 0 Å². The smallest absolute Gasteiger partial charge is 0.256 e. The van der Waals surface area contributed by atoms with Gasteiger partial charge in [0.05, 0.1) is 0 Å². The molecule has 1 amide bonds. The van der Waals surface area contributed by atoms with Crippen LogP contribution in [-0.4, -0.2) is 24.0 Å². The van der Waals surface area contributed by atoms with Gasteiger partial charge in [0.25, 0.3) is 5.91 Å². The summed E-state index contributed by atoms with van der Waals surface area (Å²) < 4.78 is 0. The Labute approximate surface area is 107 Å². The molecule has 100 valence electrons. The van der Waals surface area contributed by atoms with Gasteiger partial charge in [-0.15, -0.1) is 0 Å². The Bertz CT molecular complexity index is 452. The van der Waals surface area contributed by atoms with Crippen molar-refractivity contribution >= 4 is 5.91 Å². The van der Waals surface area contributed by atoms with Crippen LogP contribution in [0.15, 0.2) is 23.3 Å². The molecule has 4 N–H and O–H groups in total. The fourth-order valence-electron chi connectivity index (χ4n) is 1.68. The van der Waals surface area contributed by atoms with Crippen molar-refractivity contribution in [2.24, 2.45) is 11.1 Å². The van der Waals surface area contributed by atoms with Crippen molar-refractivity contribution in [3.8, 4) is 0 Å². The Morgan fingerprint density at radius 2 is 2.22 bits per heavy atom. The van der Waals surface area contributed by atoms with Gasteiger partial charge in [0, 0.05) is 25.0 Å². The minimum atomic E-state index is -0.335. The fourth-order valence-corrected chi connectivity index (χ4v) is 1.68. The molecule has 5 nitrogen and oxygen atoms in total. The maximum absolute atomic E-state index is 11.8. The number of amides is 1. The van der Waals surface area contributed by atoms with Crippen LogP contribution < -0.4 is 16.5 Å². The third-order valence-corrected chi connectivity index (χ3v) is 2.85. The SMILES string of the molecule is CC(C)(CCCN)CNC(=O)c1c[nH]ccc1=O. The number of carbonyl (C=O) groups excluding carboxylic acids is 1. The molecule has 0 aliphatic rings. The Morgan fingerprint density at radius 1 is 1.50 bits per heavy atom. The number of nitrogens with two attached hydrogens (primary N) is 1. The normalized spacial score (nSPS) is 11.3. The number of hydrogen-bond donors (Lipinski definition) is 3. The van der Waals surface area contributed by atoms with E-state index in [0.29, 0.717) is 13.1 Å². The summed E-state index contributed by atoms with van der Waals surface area (Å²) in [5.74, 6) is -0.335. The van der Waals surface area contributed by atoms with Crippen LogP contribution in [0.3, 0.4) is 0 Å². The fraction of sp³-hybridized carbons (Fsp3) is 0.538. The summed E-state index contributed by atoms with van der Waals surface area (Å²) >= 11 is 0. The second kappa shape index (κ2) is 6.35. The number of pyridine rings is 1. The first kappa shape index (κ1) is 14.4. The van der Waals surface area contributed by atoms with E-state index < -0.39 is 0 Å². The molecule has 0 aliphatic heterocycles. The standard InChI is InChI=1S/C13H21N3O2/c1-13(2,5-3-6-14)9-16-12(18)10-8-15-7-4-11(10)17/h4,7-8H,3,5-6,9,14H2,1-2H3,(H,15,17)(H,16,18). The van der Waals surface area contributed by atoms with Gasteiger partial charge in [0.1, 0.15) is 5.56 Å². The molecule has 1 aromatic rings. The molecule has 0 aromatic carbocycles. The summed E-state index contributed by atoms with van der Waals surface area (Å²) in [5.41, 5.74) is 5.33. The number of carbonyl (C=O) groups is 1. The first-order chi connectivity index (χ1) is 8.46. The number of hydrogen-bond acceptors (Lipinski definition) is 3. The molecule has 1 heterocycles. The maximum atomic E-state index is 11.8. The zero-order chi connectivity index (χ0) is 13.6. The lowest BCUT2D eigenvalue weighted by atomic mass is 9.87. The van der Waals surface area contributed by atoms with Crippen LogP contribution in [-0.2, 0) is 0 Å². The molecule has 0 saturated carbocycles. The highest BCUT2D eigenvalue weighted by Gasteiger charge is 2.19. The van der Waals surface area contributed by atoms with Crippen molar-refractivity contribution in [2.75, 3.05) is 13.1 Å². The highest BCUT2D eigenvalue weighted by molar-refractivity contribution is 5.93. The van der Waals surface area contributed by atoms with E-state index in [9.17, 15) is 9.59 Å². The van der Waals surface area contributed by atoms with Gasteiger partial charge in [-0.3, -0.25) is 9.59 Å². The second-order valence-electron chi connectivity index (χ2n) is 5.16. The summed E-state index contributed by atoms with van der Waals surface area (Å²) in [7, 11) is 0. The van der Waals surface area contributed by atoms with Crippen molar-refractivity contribution in [3.05, 3.63) is 34.2 Å². The predicted molar refractivity (Wildman–Crippen MR) is 71.5 cm³/mol. The van der Waals surface area contributed by atoms with Crippen molar-refractivity contribution in [2.45, 2.75) is 26.7 Å². The van der Waals surface area contributed by atoms with Gasteiger partial charge in [0.2, 0.25) is 0 Å². The Balaban J connectivity index is 2.56. The highest BCUT2D eigenvalue weighted by atomic mass is 16.2. The summed E-state index contributed by atoms with van der Waals surface area (Å²) in [6.07, 6.45) is 4.79. The lowest BCUT2D eigenvalue weighted by molar-refractivity contribution is 0.0933. The van der Waals surface area contributed by atoms with Crippen LogP contribution in [0.2, 0.25) is 0 Å². The van der Waals surface area contributed by atoms with Gasteiger partial charge in [-0.2, -0.15) is 0 Å². The highest BCUT2D eigenvalue weighted by Crippen LogP contribution is 2.20. The predicted octanol–water partition coefficient (Wildman–Crippen LogP) is 0.870. The first-order valence-electron chi connectivity index (χ1n) is 6.12. The molecule has 0 radical (unpaired) electrons. The zero-order valence-corrected chi connectivity index (χ0v) is 11.0. The van der Waals surface area contributed by atoms with Gasteiger partial charge < -0.3 is 16.0 Å². The molecule has 0 unspecified atom stereocenters. The molecular formula is C13H21N3O2. The van der Waals surface area contributed by atoms with Crippen molar-refractivity contribution in [1.29, 1.82) is 0 Å². The van der Waals surface area contributed by atoms with Crippen LogP contribution in [0.1, 0.15) is 37.0 Å². The molecule has 0 saturated heterocycles. The molecular weight excluding hydrogens is 230 g/mol. The molecule has 0 fully saturated rings. The maximum Gasteiger partial charge on any atom is 0.256 e. The van der Waals surface area contributed by atoms with Gasteiger partial charge in [-0.05, 0) is 24.8 Å². The van der Waals surface area contributed by atoms with E-state index in [2.05, 4.69) is 24.1 Å². The van der Waals surface area contributed by atoms with Gasteiger partial charge >= 0.3 is 0 Å². The van der Waals surface area contributed by atoms with E-state index in [1.807, 2.05) is 0 Å². The average Bonchev–Trinajstić information content (AvgIpc) is 2.34. The average molecular weight is 251 g/mol. The summed E-state index contributed by atoms with van der Waals surface area (Å²) in [6.45, 7) is 5.31. The minimum absolute atomic E-state index is 0.0173. The van der Waals surface area contributed by atoms with Crippen molar-refractivity contribution in [3.63, 3.8) is 0 Å². The summed E-state index contributed by atoms with van der Waals surface area (Å²) in [6, 6.07) is 1.34. The van der Waals surface area contributed by atoms with Gasteiger partial charge in [-0.25, -0.2) is 0 Å². The molecule has 0 bridgehead atoms.